The summed E-state index contributed by atoms with van der Waals surface area (Å²) in [6.07, 6.45) is 1.44. The lowest BCUT2D eigenvalue weighted by Crippen LogP contribution is -2.15. The molecule has 110 valence electrons. The van der Waals surface area contributed by atoms with Crippen LogP contribution in [0.2, 0.25) is 0 Å². The number of hydrogen-bond acceptors (Lipinski definition) is 5. The molecule has 0 spiro atoms. The van der Waals surface area contributed by atoms with Gasteiger partial charge in [-0.3, -0.25) is 9.78 Å². The Hall–Kier alpha value is -2.70. The van der Waals surface area contributed by atoms with Gasteiger partial charge in [0.15, 0.2) is 0 Å². The van der Waals surface area contributed by atoms with Gasteiger partial charge in [-0.05, 0) is 12.1 Å². The Bertz CT molecular complexity index is 709. The fourth-order valence-corrected chi connectivity index (χ4v) is 1.73. The molecule has 7 nitrogen and oxygen atoms in total. The van der Waals surface area contributed by atoms with Crippen molar-refractivity contribution in [2.24, 2.45) is 0 Å². The summed E-state index contributed by atoms with van der Waals surface area (Å²) < 4.78 is 0. The first-order valence-corrected chi connectivity index (χ1v) is 6.49. The van der Waals surface area contributed by atoms with Crippen LogP contribution in [0, 0.1) is 0 Å². The van der Waals surface area contributed by atoms with Crippen molar-refractivity contribution >= 4 is 11.8 Å². The lowest BCUT2D eigenvalue weighted by molar-refractivity contribution is 0.0696. The van der Waals surface area contributed by atoms with Crippen LogP contribution in [0.1, 0.15) is 41.6 Å². The molecule has 0 unspecified atom stereocenters. The van der Waals surface area contributed by atoms with Gasteiger partial charge in [0.1, 0.15) is 11.6 Å². The summed E-state index contributed by atoms with van der Waals surface area (Å²) in [4.78, 5) is 33.5. The molecule has 2 heterocycles. The minimum absolute atomic E-state index is 0.105. The number of aromatic carboxylic acids is 1. The van der Waals surface area contributed by atoms with E-state index in [1.165, 1.54) is 24.4 Å². The van der Waals surface area contributed by atoms with E-state index in [1.807, 2.05) is 13.8 Å². The Morgan fingerprint density at radius 1 is 1.43 bits per heavy atom. The normalized spacial score (nSPS) is 10.6. The Morgan fingerprint density at radius 2 is 2.19 bits per heavy atom. The first kappa shape index (κ1) is 14.7. The molecule has 0 fully saturated rings. The molecule has 0 aliphatic rings. The second-order valence-corrected chi connectivity index (χ2v) is 4.87. The molecular weight excluding hydrogens is 272 g/mol. The average molecular weight is 288 g/mol. The second-order valence-electron chi connectivity index (χ2n) is 4.87. The molecule has 0 aromatic carbocycles. The van der Waals surface area contributed by atoms with Crippen molar-refractivity contribution in [3.8, 4) is 0 Å². The highest BCUT2D eigenvalue weighted by atomic mass is 16.4. The minimum Gasteiger partial charge on any atom is -0.478 e. The topological polar surface area (TPSA) is 108 Å². The number of carbonyl (C=O) groups is 1. The first-order chi connectivity index (χ1) is 9.95. The third-order valence-electron chi connectivity index (χ3n) is 2.82. The van der Waals surface area contributed by atoms with Gasteiger partial charge >= 0.3 is 5.97 Å². The number of aromatic amines is 1. The third kappa shape index (κ3) is 3.88. The van der Waals surface area contributed by atoms with Crippen LogP contribution in [-0.4, -0.2) is 26.0 Å². The Kier molecular flexibility index (Phi) is 4.32. The van der Waals surface area contributed by atoms with Gasteiger partial charge in [-0.1, -0.05) is 13.8 Å². The molecule has 0 bridgehead atoms. The minimum atomic E-state index is -1.00. The van der Waals surface area contributed by atoms with Gasteiger partial charge in [-0.2, -0.15) is 0 Å². The Balaban J connectivity index is 2.14. The zero-order valence-corrected chi connectivity index (χ0v) is 11.8. The van der Waals surface area contributed by atoms with E-state index in [0.29, 0.717) is 17.3 Å². The van der Waals surface area contributed by atoms with Gasteiger partial charge in [-0.25, -0.2) is 9.78 Å². The fourth-order valence-electron chi connectivity index (χ4n) is 1.73. The van der Waals surface area contributed by atoms with E-state index in [2.05, 4.69) is 20.3 Å². The van der Waals surface area contributed by atoms with E-state index in [0.717, 1.165) is 0 Å². The maximum Gasteiger partial charge on any atom is 0.335 e. The summed E-state index contributed by atoms with van der Waals surface area (Å²) >= 11 is 0. The van der Waals surface area contributed by atoms with Gasteiger partial charge in [0.05, 0.1) is 17.8 Å². The van der Waals surface area contributed by atoms with Gasteiger partial charge in [0, 0.05) is 18.2 Å². The molecule has 0 saturated carbocycles. The number of aromatic nitrogens is 3. The molecule has 7 heteroatoms. The fraction of sp³-hybridized carbons (Fsp3) is 0.286. The zero-order valence-electron chi connectivity index (χ0n) is 11.8. The molecule has 0 aliphatic carbocycles. The van der Waals surface area contributed by atoms with Crippen molar-refractivity contribution in [3.63, 3.8) is 0 Å². The van der Waals surface area contributed by atoms with Crippen LogP contribution in [-0.2, 0) is 6.54 Å². The number of H-pyrrole nitrogens is 1. The maximum absolute atomic E-state index is 11.5. The Morgan fingerprint density at radius 3 is 2.86 bits per heavy atom. The van der Waals surface area contributed by atoms with Crippen molar-refractivity contribution < 1.29 is 9.90 Å². The molecule has 0 saturated heterocycles. The van der Waals surface area contributed by atoms with E-state index < -0.39 is 5.97 Å². The number of carboxylic acid groups (broad SMARTS) is 1. The SMILES string of the molecule is CC(C)c1nc(NCc2cc(C(=O)O)ccn2)cc(=O)[nH]1. The molecule has 2 aromatic heterocycles. The molecular formula is C14H16N4O3. The predicted molar refractivity (Wildman–Crippen MR) is 77.5 cm³/mol. The van der Waals surface area contributed by atoms with Crippen molar-refractivity contribution in [1.29, 1.82) is 0 Å². The smallest absolute Gasteiger partial charge is 0.335 e. The second kappa shape index (κ2) is 6.17. The molecule has 2 aromatic rings. The van der Waals surface area contributed by atoms with E-state index in [-0.39, 0.29) is 23.6 Å². The average Bonchev–Trinajstić information content (AvgIpc) is 2.45. The summed E-state index contributed by atoms with van der Waals surface area (Å²) in [5, 5.41) is 11.9. The van der Waals surface area contributed by atoms with Crippen LogP contribution in [0.5, 0.6) is 0 Å². The highest BCUT2D eigenvalue weighted by Gasteiger charge is 2.07. The summed E-state index contributed by atoms with van der Waals surface area (Å²) in [6, 6.07) is 4.26. The molecule has 3 N–H and O–H groups in total. The van der Waals surface area contributed by atoms with E-state index >= 15 is 0 Å². The van der Waals surface area contributed by atoms with Gasteiger partial charge < -0.3 is 15.4 Å². The largest absolute Gasteiger partial charge is 0.478 e. The number of pyridine rings is 1. The highest BCUT2D eigenvalue weighted by Crippen LogP contribution is 2.10. The van der Waals surface area contributed by atoms with E-state index in [1.54, 1.807) is 0 Å². The van der Waals surface area contributed by atoms with Crippen LogP contribution < -0.4 is 10.9 Å². The highest BCUT2D eigenvalue weighted by molar-refractivity contribution is 5.87. The number of nitrogens with one attached hydrogen (secondary N) is 2. The molecule has 0 aliphatic heterocycles. The molecule has 0 amide bonds. The lowest BCUT2D eigenvalue weighted by Gasteiger charge is -2.09. The molecule has 0 atom stereocenters. The standard InChI is InChI=1S/C14H16N4O3/c1-8(2)13-17-11(6-12(19)18-13)16-7-10-5-9(14(20)21)3-4-15-10/h3-6,8H,7H2,1-2H3,(H,20,21)(H2,16,17,18,19). The number of hydrogen-bond donors (Lipinski definition) is 3. The molecule has 2 rings (SSSR count). The van der Waals surface area contributed by atoms with Crippen molar-refractivity contribution in [2.75, 3.05) is 5.32 Å². The summed E-state index contributed by atoms with van der Waals surface area (Å²) in [7, 11) is 0. The molecule has 21 heavy (non-hydrogen) atoms. The summed E-state index contributed by atoms with van der Waals surface area (Å²) in [5.41, 5.74) is 0.495. The summed E-state index contributed by atoms with van der Waals surface area (Å²) in [6.45, 7) is 4.15. The van der Waals surface area contributed by atoms with Crippen LogP contribution in [0.15, 0.2) is 29.2 Å². The number of nitrogens with zero attached hydrogens (tertiary/aromatic N) is 2. The van der Waals surface area contributed by atoms with Gasteiger partial charge in [0.25, 0.3) is 5.56 Å². The maximum atomic E-state index is 11.5. The zero-order chi connectivity index (χ0) is 15.4. The van der Waals surface area contributed by atoms with Crippen molar-refractivity contribution in [1.82, 2.24) is 15.0 Å². The summed E-state index contributed by atoms with van der Waals surface area (Å²) in [5.74, 6) is 0.130. The Labute approximate surface area is 121 Å². The van der Waals surface area contributed by atoms with E-state index in [9.17, 15) is 9.59 Å². The van der Waals surface area contributed by atoms with Crippen LogP contribution >= 0.6 is 0 Å². The first-order valence-electron chi connectivity index (χ1n) is 6.49. The quantitative estimate of drug-likeness (QED) is 0.771. The van der Waals surface area contributed by atoms with E-state index in [4.69, 9.17) is 5.11 Å². The third-order valence-corrected chi connectivity index (χ3v) is 2.82. The van der Waals surface area contributed by atoms with Crippen molar-refractivity contribution in [2.45, 2.75) is 26.3 Å². The van der Waals surface area contributed by atoms with Crippen LogP contribution in [0.25, 0.3) is 0 Å². The molecule has 0 radical (unpaired) electrons. The monoisotopic (exact) mass is 288 g/mol. The van der Waals surface area contributed by atoms with Gasteiger partial charge in [0.2, 0.25) is 0 Å². The van der Waals surface area contributed by atoms with Crippen molar-refractivity contribution in [3.05, 3.63) is 51.8 Å². The van der Waals surface area contributed by atoms with Gasteiger partial charge in [-0.15, -0.1) is 0 Å². The number of anilines is 1. The van der Waals surface area contributed by atoms with Crippen LogP contribution in [0.3, 0.4) is 0 Å². The van der Waals surface area contributed by atoms with Crippen LogP contribution in [0.4, 0.5) is 5.82 Å². The number of carboxylic acids is 1. The predicted octanol–water partition coefficient (Wildman–Crippen LogP) is 1.60. The lowest BCUT2D eigenvalue weighted by atomic mass is 10.2. The number of rotatable bonds is 5.